The van der Waals surface area contributed by atoms with Gasteiger partial charge in [0.15, 0.2) is 0 Å². The molecule has 102 valence electrons. The Morgan fingerprint density at radius 1 is 1.22 bits per heavy atom. The molecule has 0 saturated carbocycles. The first-order valence-corrected chi connectivity index (χ1v) is 6.46. The molecule has 1 atom stereocenters. The molecule has 1 aromatic carbocycles. The summed E-state index contributed by atoms with van der Waals surface area (Å²) in [7, 11) is 1.71. The van der Waals surface area contributed by atoms with E-state index >= 15 is 0 Å². The Morgan fingerprint density at radius 3 is 2.33 bits per heavy atom. The molecular weight excluding hydrogens is 259 g/mol. The summed E-state index contributed by atoms with van der Waals surface area (Å²) < 4.78 is 36.3. The average molecular weight is 277 g/mol. The zero-order chi connectivity index (χ0) is 13.6. The highest BCUT2D eigenvalue weighted by molar-refractivity contribution is 7.80. The highest BCUT2D eigenvalue weighted by atomic mass is 32.1. The molecule has 18 heavy (non-hydrogen) atoms. The average Bonchev–Trinajstić information content (AvgIpc) is 2.33. The van der Waals surface area contributed by atoms with Gasteiger partial charge >= 0.3 is 6.18 Å². The zero-order valence-corrected chi connectivity index (χ0v) is 11.2. The number of hydrogen-bond acceptors (Lipinski definition) is 2. The molecule has 1 unspecified atom stereocenters. The van der Waals surface area contributed by atoms with Crippen LogP contribution in [0.4, 0.5) is 13.2 Å². The van der Waals surface area contributed by atoms with Crippen LogP contribution < -0.4 is 0 Å². The summed E-state index contributed by atoms with van der Waals surface area (Å²) >= 11 is 4.28. The summed E-state index contributed by atoms with van der Waals surface area (Å²) in [6.07, 6.45) is -4.85. The number of alkyl halides is 3. The second-order valence-corrected chi connectivity index (χ2v) is 4.78. The first-order valence-electron chi connectivity index (χ1n) is 5.83. The highest BCUT2D eigenvalue weighted by Gasteiger charge is 2.27. The topological polar surface area (TPSA) is 3.24 Å². The van der Waals surface area contributed by atoms with E-state index in [4.69, 9.17) is 0 Å². The molecule has 1 rings (SSSR count). The lowest BCUT2D eigenvalue weighted by atomic mass is 10.0. The molecule has 0 aliphatic rings. The van der Waals surface area contributed by atoms with Crippen molar-refractivity contribution < 1.29 is 13.2 Å². The minimum atomic E-state index is -4.09. The maximum atomic E-state index is 12.1. The molecule has 0 aromatic heterocycles. The summed E-state index contributed by atoms with van der Waals surface area (Å²) in [6.45, 7) is 0.615. The SMILES string of the molecule is CN(CCC(F)(F)F)CC(CS)c1ccccc1. The van der Waals surface area contributed by atoms with Crippen molar-refractivity contribution >= 4 is 12.6 Å². The van der Waals surface area contributed by atoms with Gasteiger partial charge in [-0.3, -0.25) is 0 Å². The van der Waals surface area contributed by atoms with Crippen molar-refractivity contribution in [2.24, 2.45) is 0 Å². The Bertz CT molecular complexity index is 340. The van der Waals surface area contributed by atoms with E-state index in [0.717, 1.165) is 5.56 Å². The fourth-order valence-corrected chi connectivity index (χ4v) is 2.11. The predicted octanol–water partition coefficient (Wildman–Crippen LogP) is 3.58. The maximum absolute atomic E-state index is 12.1. The van der Waals surface area contributed by atoms with Crippen LogP contribution in [0.15, 0.2) is 30.3 Å². The Balaban J connectivity index is 2.49. The van der Waals surface area contributed by atoms with Crippen LogP contribution in [-0.2, 0) is 0 Å². The van der Waals surface area contributed by atoms with Crippen molar-refractivity contribution in [3.05, 3.63) is 35.9 Å². The van der Waals surface area contributed by atoms with E-state index in [1.54, 1.807) is 11.9 Å². The van der Waals surface area contributed by atoms with Gasteiger partial charge in [-0.05, 0) is 18.4 Å². The summed E-state index contributed by atoms with van der Waals surface area (Å²) in [5.74, 6) is 0.785. The molecular formula is C13H18F3NS. The summed E-state index contributed by atoms with van der Waals surface area (Å²) in [5, 5.41) is 0. The molecule has 1 nitrogen and oxygen atoms in total. The van der Waals surface area contributed by atoms with E-state index < -0.39 is 12.6 Å². The van der Waals surface area contributed by atoms with Gasteiger partial charge in [0.1, 0.15) is 0 Å². The van der Waals surface area contributed by atoms with Crippen LogP contribution in [0, 0.1) is 0 Å². The monoisotopic (exact) mass is 277 g/mol. The summed E-state index contributed by atoms with van der Waals surface area (Å²) in [6, 6.07) is 9.76. The molecule has 1 aromatic rings. The number of benzene rings is 1. The second-order valence-electron chi connectivity index (χ2n) is 4.42. The minimum absolute atomic E-state index is 0.0284. The van der Waals surface area contributed by atoms with Gasteiger partial charge in [0.05, 0.1) is 6.42 Å². The Morgan fingerprint density at radius 2 is 1.83 bits per heavy atom. The molecule has 0 saturated heterocycles. The molecule has 0 aliphatic heterocycles. The van der Waals surface area contributed by atoms with Crippen LogP contribution in [0.2, 0.25) is 0 Å². The molecule has 0 heterocycles. The van der Waals surface area contributed by atoms with Gasteiger partial charge in [0.2, 0.25) is 0 Å². The van der Waals surface area contributed by atoms with Crippen molar-refractivity contribution in [1.29, 1.82) is 0 Å². The third-order valence-corrected chi connectivity index (χ3v) is 3.24. The Labute approximate surface area is 111 Å². The largest absolute Gasteiger partial charge is 0.390 e. The van der Waals surface area contributed by atoms with Crippen molar-refractivity contribution in [3.8, 4) is 0 Å². The smallest absolute Gasteiger partial charge is 0.305 e. The number of rotatable bonds is 6. The molecule has 0 amide bonds. The predicted molar refractivity (Wildman–Crippen MR) is 71.2 cm³/mol. The van der Waals surface area contributed by atoms with E-state index in [0.29, 0.717) is 12.3 Å². The fourth-order valence-electron chi connectivity index (χ4n) is 1.78. The number of likely N-dealkylation sites (N-methyl/N-ethyl adjacent to an activating group) is 1. The van der Waals surface area contributed by atoms with Crippen LogP contribution in [0.1, 0.15) is 17.9 Å². The summed E-state index contributed by atoms with van der Waals surface area (Å²) in [4.78, 5) is 1.71. The quantitative estimate of drug-likeness (QED) is 0.778. The number of nitrogens with zero attached hydrogens (tertiary/aromatic N) is 1. The van der Waals surface area contributed by atoms with Gasteiger partial charge in [-0.2, -0.15) is 25.8 Å². The van der Waals surface area contributed by atoms with E-state index in [2.05, 4.69) is 12.6 Å². The van der Waals surface area contributed by atoms with Crippen LogP contribution in [0.3, 0.4) is 0 Å². The second kappa shape index (κ2) is 7.04. The van der Waals surface area contributed by atoms with Crippen molar-refractivity contribution in [2.45, 2.75) is 18.5 Å². The molecule has 0 spiro atoms. The highest BCUT2D eigenvalue weighted by Crippen LogP contribution is 2.21. The molecule has 0 radical (unpaired) electrons. The normalized spacial score (nSPS) is 13.9. The summed E-state index contributed by atoms with van der Waals surface area (Å²) in [5.41, 5.74) is 1.12. The maximum Gasteiger partial charge on any atom is 0.390 e. The van der Waals surface area contributed by atoms with Crippen LogP contribution in [-0.4, -0.2) is 37.0 Å². The number of hydrogen-bond donors (Lipinski definition) is 1. The van der Waals surface area contributed by atoms with Gasteiger partial charge in [-0.25, -0.2) is 0 Å². The van der Waals surface area contributed by atoms with Gasteiger partial charge < -0.3 is 4.90 Å². The first-order chi connectivity index (χ1) is 8.42. The molecule has 0 aliphatic carbocycles. The van der Waals surface area contributed by atoms with E-state index in [1.807, 2.05) is 30.3 Å². The molecule has 0 N–H and O–H groups in total. The van der Waals surface area contributed by atoms with E-state index in [1.165, 1.54) is 0 Å². The van der Waals surface area contributed by atoms with Crippen molar-refractivity contribution in [3.63, 3.8) is 0 Å². The zero-order valence-electron chi connectivity index (χ0n) is 10.3. The number of thiol groups is 1. The van der Waals surface area contributed by atoms with Crippen LogP contribution >= 0.6 is 12.6 Å². The van der Waals surface area contributed by atoms with Crippen molar-refractivity contribution in [1.82, 2.24) is 4.90 Å². The van der Waals surface area contributed by atoms with Gasteiger partial charge in [0, 0.05) is 19.0 Å². The van der Waals surface area contributed by atoms with Gasteiger partial charge in [-0.15, -0.1) is 0 Å². The lowest BCUT2D eigenvalue weighted by molar-refractivity contribution is -0.137. The van der Waals surface area contributed by atoms with Crippen molar-refractivity contribution in [2.75, 3.05) is 25.9 Å². The third kappa shape index (κ3) is 5.78. The fraction of sp³-hybridized carbons (Fsp3) is 0.538. The molecule has 5 heteroatoms. The Hall–Kier alpha value is -0.680. The minimum Gasteiger partial charge on any atom is -0.305 e. The lowest BCUT2D eigenvalue weighted by Crippen LogP contribution is -2.29. The van der Waals surface area contributed by atoms with Gasteiger partial charge in [-0.1, -0.05) is 30.3 Å². The van der Waals surface area contributed by atoms with Gasteiger partial charge in [0.25, 0.3) is 0 Å². The Kier molecular flexibility index (Phi) is 6.02. The van der Waals surface area contributed by atoms with Crippen LogP contribution in [0.5, 0.6) is 0 Å². The van der Waals surface area contributed by atoms with E-state index in [9.17, 15) is 13.2 Å². The van der Waals surface area contributed by atoms with Crippen LogP contribution in [0.25, 0.3) is 0 Å². The van der Waals surface area contributed by atoms with E-state index in [-0.39, 0.29) is 12.5 Å². The standard InChI is InChI=1S/C13H18F3NS/c1-17(8-7-13(14,15)16)9-12(10-18)11-5-3-2-4-6-11/h2-6,12,18H,7-10H2,1H3. The number of halogens is 3. The third-order valence-electron chi connectivity index (χ3n) is 2.80. The molecule has 0 fully saturated rings. The lowest BCUT2D eigenvalue weighted by Gasteiger charge is -2.23. The first kappa shape index (κ1) is 15.4. The molecule has 0 bridgehead atoms.